The SMILES string of the molecule is O=C(CCc1ccccc1Cl)Nc1ccc(F)c(F)c1F. The Balaban J connectivity index is 2.00. The van der Waals surface area contributed by atoms with Gasteiger partial charge in [0.2, 0.25) is 5.91 Å². The van der Waals surface area contributed by atoms with E-state index in [1.807, 2.05) is 0 Å². The molecule has 0 bridgehead atoms. The van der Waals surface area contributed by atoms with E-state index in [9.17, 15) is 18.0 Å². The molecule has 0 aliphatic heterocycles. The first-order valence-electron chi connectivity index (χ1n) is 6.16. The van der Waals surface area contributed by atoms with Gasteiger partial charge >= 0.3 is 0 Å². The van der Waals surface area contributed by atoms with Gasteiger partial charge in [-0.15, -0.1) is 0 Å². The minimum absolute atomic E-state index is 0.0438. The molecular formula is C15H11ClF3NO. The molecule has 2 aromatic rings. The van der Waals surface area contributed by atoms with Crippen molar-refractivity contribution in [2.45, 2.75) is 12.8 Å². The number of anilines is 1. The zero-order valence-electron chi connectivity index (χ0n) is 10.8. The number of halogens is 4. The van der Waals surface area contributed by atoms with E-state index in [0.29, 0.717) is 11.4 Å². The van der Waals surface area contributed by atoms with E-state index in [4.69, 9.17) is 11.6 Å². The van der Waals surface area contributed by atoms with Crippen LogP contribution in [0.2, 0.25) is 5.02 Å². The molecule has 0 atom stereocenters. The molecule has 1 N–H and O–H groups in total. The fourth-order valence-electron chi connectivity index (χ4n) is 1.78. The van der Waals surface area contributed by atoms with Crippen LogP contribution in [0.5, 0.6) is 0 Å². The third-order valence-electron chi connectivity index (χ3n) is 2.89. The second-order valence-corrected chi connectivity index (χ2v) is 4.77. The molecule has 0 radical (unpaired) electrons. The molecule has 0 aliphatic carbocycles. The van der Waals surface area contributed by atoms with Crippen LogP contribution in [0, 0.1) is 17.5 Å². The monoisotopic (exact) mass is 313 g/mol. The molecule has 110 valence electrons. The molecule has 0 aromatic heterocycles. The molecule has 0 fully saturated rings. The van der Waals surface area contributed by atoms with Crippen molar-refractivity contribution in [3.05, 3.63) is 64.4 Å². The minimum Gasteiger partial charge on any atom is -0.323 e. The fraction of sp³-hybridized carbons (Fsp3) is 0.133. The van der Waals surface area contributed by atoms with Crippen LogP contribution in [0.15, 0.2) is 36.4 Å². The van der Waals surface area contributed by atoms with Gasteiger partial charge in [0, 0.05) is 11.4 Å². The van der Waals surface area contributed by atoms with Gasteiger partial charge in [-0.3, -0.25) is 4.79 Å². The maximum absolute atomic E-state index is 13.4. The fourth-order valence-corrected chi connectivity index (χ4v) is 2.01. The van der Waals surface area contributed by atoms with Crippen LogP contribution in [0.1, 0.15) is 12.0 Å². The maximum Gasteiger partial charge on any atom is 0.224 e. The van der Waals surface area contributed by atoms with Crippen LogP contribution < -0.4 is 5.32 Å². The van der Waals surface area contributed by atoms with Crippen LogP contribution in [-0.4, -0.2) is 5.91 Å². The first-order valence-corrected chi connectivity index (χ1v) is 6.53. The first-order chi connectivity index (χ1) is 9.99. The summed E-state index contributed by atoms with van der Waals surface area (Å²) in [5, 5.41) is 2.74. The van der Waals surface area contributed by atoms with Gasteiger partial charge in [0.05, 0.1) is 5.69 Å². The number of carbonyl (C=O) groups is 1. The van der Waals surface area contributed by atoms with Crippen molar-refractivity contribution in [1.29, 1.82) is 0 Å². The van der Waals surface area contributed by atoms with E-state index in [2.05, 4.69) is 5.32 Å². The van der Waals surface area contributed by atoms with E-state index >= 15 is 0 Å². The van der Waals surface area contributed by atoms with Gasteiger partial charge in [-0.2, -0.15) is 0 Å². The minimum atomic E-state index is -1.61. The third kappa shape index (κ3) is 3.76. The second kappa shape index (κ2) is 6.63. The second-order valence-electron chi connectivity index (χ2n) is 4.36. The third-order valence-corrected chi connectivity index (χ3v) is 3.26. The van der Waals surface area contributed by atoms with Crippen LogP contribution in [0.4, 0.5) is 18.9 Å². The number of benzene rings is 2. The summed E-state index contributed by atoms with van der Waals surface area (Å²) in [7, 11) is 0. The molecule has 0 unspecified atom stereocenters. The van der Waals surface area contributed by atoms with Crippen molar-refractivity contribution >= 4 is 23.2 Å². The van der Waals surface area contributed by atoms with Crippen molar-refractivity contribution in [2.24, 2.45) is 0 Å². The molecule has 2 aromatic carbocycles. The Hall–Kier alpha value is -2.01. The lowest BCUT2D eigenvalue weighted by atomic mass is 10.1. The molecule has 0 aliphatic rings. The van der Waals surface area contributed by atoms with Gasteiger partial charge in [-0.25, -0.2) is 13.2 Å². The molecule has 0 saturated carbocycles. The molecular weight excluding hydrogens is 303 g/mol. The van der Waals surface area contributed by atoms with Crippen LogP contribution in [0.25, 0.3) is 0 Å². The molecule has 2 rings (SSSR count). The number of amides is 1. The van der Waals surface area contributed by atoms with Gasteiger partial charge < -0.3 is 5.32 Å². The van der Waals surface area contributed by atoms with E-state index in [0.717, 1.165) is 17.7 Å². The lowest BCUT2D eigenvalue weighted by Crippen LogP contribution is -2.14. The van der Waals surface area contributed by atoms with Gasteiger partial charge in [0.25, 0.3) is 0 Å². The Morgan fingerprint density at radius 3 is 2.48 bits per heavy atom. The predicted molar refractivity (Wildman–Crippen MR) is 74.7 cm³/mol. The largest absolute Gasteiger partial charge is 0.323 e. The quantitative estimate of drug-likeness (QED) is 0.836. The number of nitrogens with one attached hydrogen (secondary N) is 1. The lowest BCUT2D eigenvalue weighted by molar-refractivity contribution is -0.116. The predicted octanol–water partition coefficient (Wildman–Crippen LogP) is 4.33. The summed E-state index contributed by atoms with van der Waals surface area (Å²) in [4.78, 5) is 11.7. The zero-order chi connectivity index (χ0) is 15.4. The number of aryl methyl sites for hydroxylation is 1. The summed E-state index contributed by atoms with van der Waals surface area (Å²) in [5.41, 5.74) is 0.387. The summed E-state index contributed by atoms with van der Waals surface area (Å²) in [6, 6.07) is 8.75. The molecule has 6 heteroatoms. The van der Waals surface area contributed by atoms with Crippen LogP contribution >= 0.6 is 11.6 Å². The highest BCUT2D eigenvalue weighted by Crippen LogP contribution is 2.20. The van der Waals surface area contributed by atoms with Crippen molar-refractivity contribution in [3.63, 3.8) is 0 Å². The normalized spacial score (nSPS) is 10.5. The Labute approximate surface area is 124 Å². The van der Waals surface area contributed by atoms with E-state index in [1.165, 1.54) is 0 Å². The van der Waals surface area contributed by atoms with Crippen LogP contribution in [-0.2, 0) is 11.2 Å². The van der Waals surface area contributed by atoms with Crippen molar-refractivity contribution < 1.29 is 18.0 Å². The average Bonchev–Trinajstić information content (AvgIpc) is 2.47. The highest BCUT2D eigenvalue weighted by atomic mass is 35.5. The molecule has 0 saturated heterocycles. The summed E-state index contributed by atoms with van der Waals surface area (Å²) < 4.78 is 39.2. The average molecular weight is 314 g/mol. The number of hydrogen-bond donors (Lipinski definition) is 1. The highest BCUT2D eigenvalue weighted by molar-refractivity contribution is 6.31. The smallest absolute Gasteiger partial charge is 0.224 e. The van der Waals surface area contributed by atoms with Crippen LogP contribution in [0.3, 0.4) is 0 Å². The molecule has 0 spiro atoms. The summed E-state index contributed by atoms with van der Waals surface area (Å²) >= 11 is 5.95. The van der Waals surface area contributed by atoms with Crippen molar-refractivity contribution in [1.82, 2.24) is 0 Å². The molecule has 2 nitrogen and oxygen atoms in total. The van der Waals surface area contributed by atoms with Gasteiger partial charge in [-0.1, -0.05) is 29.8 Å². The van der Waals surface area contributed by atoms with E-state index in [1.54, 1.807) is 24.3 Å². The Bertz CT molecular complexity index is 676. The number of carbonyl (C=O) groups excluding carboxylic acids is 1. The summed E-state index contributed by atoms with van der Waals surface area (Å²) in [6.07, 6.45) is 0.402. The topological polar surface area (TPSA) is 29.1 Å². The zero-order valence-corrected chi connectivity index (χ0v) is 11.6. The Morgan fingerprint density at radius 2 is 1.76 bits per heavy atom. The maximum atomic E-state index is 13.4. The van der Waals surface area contributed by atoms with E-state index in [-0.39, 0.29) is 6.42 Å². The van der Waals surface area contributed by atoms with Gasteiger partial charge in [0.1, 0.15) is 0 Å². The summed E-state index contributed by atoms with van der Waals surface area (Å²) in [5.74, 6) is -4.85. The van der Waals surface area contributed by atoms with E-state index < -0.39 is 29.0 Å². The number of hydrogen-bond acceptors (Lipinski definition) is 1. The highest BCUT2D eigenvalue weighted by Gasteiger charge is 2.15. The molecule has 21 heavy (non-hydrogen) atoms. The van der Waals surface area contributed by atoms with Crippen molar-refractivity contribution in [2.75, 3.05) is 5.32 Å². The van der Waals surface area contributed by atoms with Gasteiger partial charge in [0.15, 0.2) is 17.5 Å². The summed E-state index contributed by atoms with van der Waals surface area (Å²) in [6.45, 7) is 0. The standard InChI is InChI=1S/C15H11ClF3NO/c16-10-4-2-1-3-9(10)5-8-13(21)20-12-7-6-11(17)14(18)15(12)19/h1-4,6-7H,5,8H2,(H,20,21). The van der Waals surface area contributed by atoms with Gasteiger partial charge in [-0.05, 0) is 30.2 Å². The number of rotatable bonds is 4. The van der Waals surface area contributed by atoms with Crippen molar-refractivity contribution in [3.8, 4) is 0 Å². The Kier molecular flexibility index (Phi) is 4.85. The lowest BCUT2D eigenvalue weighted by Gasteiger charge is -2.08. The first kappa shape index (κ1) is 15.4. The Morgan fingerprint density at radius 1 is 1.05 bits per heavy atom. The molecule has 1 amide bonds. The molecule has 0 heterocycles.